The van der Waals surface area contributed by atoms with Gasteiger partial charge in [0.2, 0.25) is 5.91 Å². The largest absolute Gasteiger partial charge is 0.491 e. The topological polar surface area (TPSA) is 67.4 Å². The molecule has 0 bridgehead atoms. The van der Waals surface area contributed by atoms with E-state index in [0.29, 0.717) is 30.0 Å². The van der Waals surface area contributed by atoms with Crippen molar-refractivity contribution >= 4 is 17.4 Å². The molecule has 17 heavy (non-hydrogen) atoms. The van der Waals surface area contributed by atoms with E-state index < -0.39 is 0 Å². The summed E-state index contributed by atoms with van der Waals surface area (Å²) in [5.41, 5.74) is 1.12. The van der Waals surface area contributed by atoms with Crippen LogP contribution in [0.1, 0.15) is 16.8 Å². The van der Waals surface area contributed by atoms with Gasteiger partial charge in [-0.05, 0) is 25.2 Å². The lowest BCUT2D eigenvalue weighted by atomic mass is 10.1. The summed E-state index contributed by atoms with van der Waals surface area (Å²) in [5, 5.41) is 5.52. The van der Waals surface area contributed by atoms with E-state index in [1.165, 1.54) is 0 Å². The van der Waals surface area contributed by atoms with Crippen LogP contribution in [0, 0.1) is 0 Å². The van der Waals surface area contributed by atoms with Gasteiger partial charge in [-0.3, -0.25) is 9.59 Å². The van der Waals surface area contributed by atoms with Crippen molar-refractivity contribution in [3.8, 4) is 5.75 Å². The van der Waals surface area contributed by atoms with Gasteiger partial charge in [-0.1, -0.05) is 0 Å². The minimum atomic E-state index is -0.0954. The van der Waals surface area contributed by atoms with E-state index in [4.69, 9.17) is 4.74 Å². The lowest BCUT2D eigenvalue weighted by Crippen LogP contribution is -2.18. The second kappa shape index (κ2) is 4.97. The maximum Gasteiger partial charge on any atom is 0.227 e. The molecule has 5 nitrogen and oxygen atoms in total. The minimum absolute atomic E-state index is 0.0196. The predicted octanol–water partition coefficient (Wildman–Crippen LogP) is 0.810. The molecule has 5 heteroatoms. The number of ether oxygens (including phenoxy) is 1. The van der Waals surface area contributed by atoms with Crippen LogP contribution in [0.5, 0.6) is 5.75 Å². The van der Waals surface area contributed by atoms with Crippen molar-refractivity contribution in [2.75, 3.05) is 25.5 Å². The zero-order valence-corrected chi connectivity index (χ0v) is 9.58. The maximum atomic E-state index is 11.7. The van der Waals surface area contributed by atoms with E-state index in [1.54, 1.807) is 25.2 Å². The molecule has 0 aromatic heterocycles. The molecule has 0 fully saturated rings. The molecule has 0 radical (unpaired) electrons. The van der Waals surface area contributed by atoms with Gasteiger partial charge < -0.3 is 15.4 Å². The third-order valence-electron chi connectivity index (χ3n) is 2.50. The van der Waals surface area contributed by atoms with Crippen LogP contribution in [0.15, 0.2) is 18.2 Å². The van der Waals surface area contributed by atoms with Gasteiger partial charge >= 0.3 is 0 Å². The van der Waals surface area contributed by atoms with Gasteiger partial charge in [-0.2, -0.15) is 0 Å². The van der Waals surface area contributed by atoms with Gasteiger partial charge in [-0.15, -0.1) is 0 Å². The number of fused-ring (bicyclic) bond motifs is 1. The third kappa shape index (κ3) is 2.62. The zero-order valence-electron chi connectivity index (χ0n) is 9.58. The van der Waals surface area contributed by atoms with Crippen molar-refractivity contribution in [3.05, 3.63) is 23.8 Å². The Labute approximate surface area is 99.2 Å². The Morgan fingerprint density at radius 2 is 2.35 bits per heavy atom. The van der Waals surface area contributed by atoms with Gasteiger partial charge in [0.25, 0.3) is 0 Å². The van der Waals surface area contributed by atoms with Crippen LogP contribution in [0.25, 0.3) is 0 Å². The number of hydrogen-bond donors (Lipinski definition) is 2. The summed E-state index contributed by atoms with van der Waals surface area (Å²) in [4.78, 5) is 23.0. The average molecular weight is 234 g/mol. The van der Waals surface area contributed by atoms with Gasteiger partial charge in [0.1, 0.15) is 5.75 Å². The zero-order chi connectivity index (χ0) is 12.3. The Bertz CT molecular complexity index is 457. The molecule has 90 valence electrons. The molecule has 0 aliphatic carbocycles. The molecule has 0 atom stereocenters. The number of amides is 1. The second-order valence-corrected chi connectivity index (χ2v) is 3.81. The first kappa shape index (κ1) is 11.6. The van der Waals surface area contributed by atoms with Crippen molar-refractivity contribution in [1.82, 2.24) is 5.32 Å². The van der Waals surface area contributed by atoms with Crippen LogP contribution < -0.4 is 15.4 Å². The van der Waals surface area contributed by atoms with E-state index in [1.807, 2.05) is 0 Å². The molecule has 0 spiro atoms. The Hall–Kier alpha value is -1.88. The summed E-state index contributed by atoms with van der Waals surface area (Å²) in [7, 11) is 1.71. The highest BCUT2D eigenvalue weighted by Gasteiger charge is 2.15. The number of nitrogens with one attached hydrogen (secondary N) is 2. The molecule has 1 aromatic rings. The molecular formula is C12H14N2O3. The van der Waals surface area contributed by atoms with Crippen molar-refractivity contribution in [3.63, 3.8) is 0 Å². The highest BCUT2D eigenvalue weighted by molar-refractivity contribution is 6.00. The smallest absolute Gasteiger partial charge is 0.227 e. The Morgan fingerprint density at radius 3 is 3.12 bits per heavy atom. The molecule has 1 aliphatic rings. The first-order valence-electron chi connectivity index (χ1n) is 5.45. The van der Waals surface area contributed by atoms with Crippen molar-refractivity contribution < 1.29 is 14.3 Å². The molecule has 0 saturated heterocycles. The van der Waals surface area contributed by atoms with Crippen molar-refractivity contribution in [1.29, 1.82) is 0 Å². The first-order chi connectivity index (χ1) is 8.20. The van der Waals surface area contributed by atoms with Gasteiger partial charge in [0.15, 0.2) is 5.78 Å². The summed E-state index contributed by atoms with van der Waals surface area (Å²) >= 11 is 0. The van der Waals surface area contributed by atoms with E-state index in [0.717, 1.165) is 0 Å². The number of benzene rings is 1. The van der Waals surface area contributed by atoms with Crippen LogP contribution in [0.2, 0.25) is 0 Å². The number of Topliss-reactive ketones (excluding diaryl/α,β-unsaturated/α-hetero) is 1. The third-order valence-corrected chi connectivity index (χ3v) is 2.50. The summed E-state index contributed by atoms with van der Waals surface area (Å²) in [6.45, 7) is 0.635. The molecule has 1 aliphatic heterocycles. The van der Waals surface area contributed by atoms with Crippen molar-refractivity contribution in [2.24, 2.45) is 0 Å². The van der Waals surface area contributed by atoms with Gasteiger partial charge in [-0.25, -0.2) is 0 Å². The fourth-order valence-corrected chi connectivity index (χ4v) is 1.66. The van der Waals surface area contributed by atoms with E-state index in [-0.39, 0.29) is 18.2 Å². The van der Waals surface area contributed by atoms with Gasteiger partial charge in [0, 0.05) is 5.56 Å². The minimum Gasteiger partial charge on any atom is -0.491 e. The highest BCUT2D eigenvalue weighted by Crippen LogP contribution is 2.28. The van der Waals surface area contributed by atoms with Crippen LogP contribution in [-0.2, 0) is 4.79 Å². The number of anilines is 1. The lowest BCUT2D eigenvalue weighted by Gasteiger charge is -2.08. The van der Waals surface area contributed by atoms with E-state index >= 15 is 0 Å². The predicted molar refractivity (Wildman–Crippen MR) is 63.4 cm³/mol. The van der Waals surface area contributed by atoms with Crippen LogP contribution in [-0.4, -0.2) is 31.9 Å². The van der Waals surface area contributed by atoms with E-state index in [2.05, 4.69) is 10.6 Å². The lowest BCUT2D eigenvalue weighted by molar-refractivity contribution is -0.116. The Kier molecular flexibility index (Phi) is 3.39. The molecular weight excluding hydrogens is 220 g/mol. The molecule has 2 rings (SSSR count). The molecule has 2 N–H and O–H groups in total. The quantitative estimate of drug-likeness (QED) is 0.759. The number of ketones is 1. The summed E-state index contributed by atoms with van der Waals surface area (Å²) in [5.74, 6) is 0.493. The molecule has 0 saturated carbocycles. The standard InChI is InChI=1S/C12H14N2O3/c1-13-7-10(15)8-2-3-11-9(6-8)14-12(16)4-5-17-11/h2-3,6,13H,4-5,7H2,1H3,(H,14,16). The first-order valence-corrected chi connectivity index (χ1v) is 5.45. The SMILES string of the molecule is CNCC(=O)c1ccc2c(c1)NC(=O)CCO2. The van der Waals surface area contributed by atoms with Crippen LogP contribution >= 0.6 is 0 Å². The Morgan fingerprint density at radius 1 is 1.53 bits per heavy atom. The molecule has 1 amide bonds. The monoisotopic (exact) mass is 234 g/mol. The summed E-state index contributed by atoms with van der Waals surface area (Å²) in [6, 6.07) is 5.07. The van der Waals surface area contributed by atoms with Crippen LogP contribution in [0.3, 0.4) is 0 Å². The van der Waals surface area contributed by atoms with Crippen molar-refractivity contribution in [2.45, 2.75) is 6.42 Å². The number of hydrogen-bond acceptors (Lipinski definition) is 4. The fraction of sp³-hybridized carbons (Fsp3) is 0.333. The highest BCUT2D eigenvalue weighted by atomic mass is 16.5. The normalized spacial score (nSPS) is 14.3. The fourth-order valence-electron chi connectivity index (χ4n) is 1.66. The average Bonchev–Trinajstić information content (AvgIpc) is 2.49. The number of likely N-dealkylation sites (N-methyl/N-ethyl adjacent to an activating group) is 1. The summed E-state index contributed by atoms with van der Waals surface area (Å²) < 4.78 is 5.40. The Balaban J connectivity index is 2.29. The van der Waals surface area contributed by atoms with Crippen LogP contribution in [0.4, 0.5) is 5.69 Å². The maximum absolute atomic E-state index is 11.7. The summed E-state index contributed by atoms with van der Waals surface area (Å²) in [6.07, 6.45) is 0.328. The molecule has 1 heterocycles. The number of carbonyl (C=O) groups is 2. The number of carbonyl (C=O) groups excluding carboxylic acids is 2. The van der Waals surface area contributed by atoms with E-state index in [9.17, 15) is 9.59 Å². The number of rotatable bonds is 3. The molecule has 1 aromatic carbocycles. The molecule has 0 unspecified atom stereocenters. The second-order valence-electron chi connectivity index (χ2n) is 3.81. The van der Waals surface area contributed by atoms with Gasteiger partial charge in [0.05, 0.1) is 25.3 Å².